The number of rotatable bonds is 7. The molecule has 8 nitrogen and oxygen atoms in total. The second-order valence-corrected chi connectivity index (χ2v) is 7.28. The minimum atomic E-state index is -0.557. The molecule has 0 spiro atoms. The molecule has 0 aliphatic carbocycles. The minimum Gasteiger partial charge on any atom is -0.493 e. The summed E-state index contributed by atoms with van der Waals surface area (Å²) in [6.45, 7) is 2.58. The first-order chi connectivity index (χ1) is 15.5. The summed E-state index contributed by atoms with van der Waals surface area (Å²) in [4.78, 5) is 15.1. The molecule has 1 aliphatic rings. The van der Waals surface area contributed by atoms with Gasteiger partial charge in [-0.1, -0.05) is 11.6 Å². The van der Waals surface area contributed by atoms with Gasteiger partial charge in [0.2, 0.25) is 5.75 Å². The fourth-order valence-corrected chi connectivity index (χ4v) is 3.55. The third-order valence-electron chi connectivity index (χ3n) is 4.92. The van der Waals surface area contributed by atoms with Gasteiger partial charge in [0.15, 0.2) is 11.5 Å². The van der Waals surface area contributed by atoms with Crippen molar-refractivity contribution in [1.29, 1.82) is 5.26 Å². The van der Waals surface area contributed by atoms with Crippen molar-refractivity contribution in [3.8, 4) is 23.3 Å². The Kier molecular flexibility index (Phi) is 7.82. The Bertz CT molecular complexity index is 1030. The molecule has 1 N–H and O–H groups in total. The van der Waals surface area contributed by atoms with Crippen LogP contribution < -0.4 is 24.4 Å². The van der Waals surface area contributed by atoms with Crippen LogP contribution in [0.15, 0.2) is 35.9 Å². The molecule has 1 fully saturated rings. The fourth-order valence-electron chi connectivity index (χ4n) is 3.38. The van der Waals surface area contributed by atoms with E-state index in [0.29, 0.717) is 59.8 Å². The third kappa shape index (κ3) is 5.25. The predicted molar refractivity (Wildman–Crippen MR) is 123 cm³/mol. The normalized spacial score (nSPS) is 13.8. The molecule has 168 valence electrons. The third-order valence-corrected chi connectivity index (χ3v) is 5.16. The Morgan fingerprint density at radius 2 is 1.78 bits per heavy atom. The zero-order valence-electron chi connectivity index (χ0n) is 18.1. The molecule has 1 amide bonds. The molecule has 0 radical (unpaired) electrons. The molecule has 0 unspecified atom stereocenters. The van der Waals surface area contributed by atoms with E-state index in [2.05, 4.69) is 10.2 Å². The van der Waals surface area contributed by atoms with Gasteiger partial charge in [-0.15, -0.1) is 0 Å². The van der Waals surface area contributed by atoms with Crippen LogP contribution in [0.25, 0.3) is 6.08 Å². The van der Waals surface area contributed by atoms with Gasteiger partial charge in [-0.05, 0) is 42.0 Å². The standard InChI is InChI=1S/C23H24ClN3O5/c1-29-20-11-15(12-21(30-2)22(20)31-3)10-16(14-25)23(28)26-18-13-17(24)4-5-19(18)27-6-8-32-9-7-27/h4-5,10-13H,6-9H2,1-3H3,(H,26,28)/b16-10+. The highest BCUT2D eigenvalue weighted by Gasteiger charge is 2.19. The van der Waals surface area contributed by atoms with Gasteiger partial charge in [-0.2, -0.15) is 5.26 Å². The number of hydrogen-bond acceptors (Lipinski definition) is 7. The van der Waals surface area contributed by atoms with E-state index in [0.717, 1.165) is 5.69 Å². The van der Waals surface area contributed by atoms with Crippen molar-refractivity contribution in [2.75, 3.05) is 57.8 Å². The van der Waals surface area contributed by atoms with Crippen LogP contribution in [-0.2, 0) is 9.53 Å². The van der Waals surface area contributed by atoms with E-state index in [1.165, 1.54) is 27.4 Å². The first kappa shape index (κ1) is 23.3. The number of methoxy groups -OCH3 is 3. The van der Waals surface area contributed by atoms with Crippen LogP contribution in [0.3, 0.4) is 0 Å². The smallest absolute Gasteiger partial charge is 0.266 e. The maximum absolute atomic E-state index is 13.0. The molecule has 1 heterocycles. The van der Waals surface area contributed by atoms with Gasteiger partial charge in [0.05, 0.1) is 45.9 Å². The van der Waals surface area contributed by atoms with Crippen molar-refractivity contribution in [3.05, 3.63) is 46.5 Å². The maximum Gasteiger partial charge on any atom is 0.266 e. The topological polar surface area (TPSA) is 93.1 Å². The molecule has 2 aromatic carbocycles. The first-order valence-corrected chi connectivity index (χ1v) is 10.2. The summed E-state index contributed by atoms with van der Waals surface area (Å²) in [7, 11) is 4.49. The molecule has 2 aromatic rings. The number of halogens is 1. The van der Waals surface area contributed by atoms with Crippen molar-refractivity contribution in [2.24, 2.45) is 0 Å². The fraction of sp³-hybridized carbons (Fsp3) is 0.304. The van der Waals surface area contributed by atoms with Crippen LogP contribution in [-0.4, -0.2) is 53.5 Å². The Balaban J connectivity index is 1.91. The molecule has 0 atom stereocenters. The zero-order chi connectivity index (χ0) is 23.1. The Hall–Kier alpha value is -3.41. The van der Waals surface area contributed by atoms with Crippen LogP contribution in [0.2, 0.25) is 5.02 Å². The van der Waals surface area contributed by atoms with E-state index in [4.69, 9.17) is 30.5 Å². The highest BCUT2D eigenvalue weighted by atomic mass is 35.5. The molecule has 0 bridgehead atoms. The zero-order valence-corrected chi connectivity index (χ0v) is 18.9. The van der Waals surface area contributed by atoms with E-state index < -0.39 is 5.91 Å². The number of nitrogens with one attached hydrogen (secondary N) is 1. The molecule has 1 aliphatic heterocycles. The SMILES string of the molecule is COc1cc(/C=C(\C#N)C(=O)Nc2cc(Cl)ccc2N2CCOCC2)cc(OC)c1OC. The number of carbonyl (C=O) groups excluding carboxylic acids is 1. The van der Waals surface area contributed by atoms with Crippen LogP contribution >= 0.6 is 11.6 Å². The number of carbonyl (C=O) groups is 1. The van der Waals surface area contributed by atoms with E-state index >= 15 is 0 Å². The number of ether oxygens (including phenoxy) is 4. The summed E-state index contributed by atoms with van der Waals surface area (Å²) >= 11 is 6.16. The van der Waals surface area contributed by atoms with Crippen LogP contribution in [0.4, 0.5) is 11.4 Å². The van der Waals surface area contributed by atoms with Gasteiger partial charge < -0.3 is 29.2 Å². The second-order valence-electron chi connectivity index (χ2n) is 6.84. The highest BCUT2D eigenvalue weighted by molar-refractivity contribution is 6.31. The minimum absolute atomic E-state index is 0.0906. The van der Waals surface area contributed by atoms with Crippen LogP contribution in [0.1, 0.15) is 5.56 Å². The number of anilines is 2. The lowest BCUT2D eigenvalue weighted by Crippen LogP contribution is -2.36. The van der Waals surface area contributed by atoms with Gasteiger partial charge in [0, 0.05) is 18.1 Å². The molecule has 0 aromatic heterocycles. The molecular weight excluding hydrogens is 434 g/mol. The summed E-state index contributed by atoms with van der Waals surface area (Å²) in [6.07, 6.45) is 1.46. The van der Waals surface area contributed by atoms with Gasteiger partial charge in [0.25, 0.3) is 5.91 Å². The Morgan fingerprint density at radius 1 is 1.12 bits per heavy atom. The van der Waals surface area contributed by atoms with Crippen molar-refractivity contribution >= 4 is 35.0 Å². The van der Waals surface area contributed by atoms with Gasteiger partial charge in [0.1, 0.15) is 11.6 Å². The van der Waals surface area contributed by atoms with Gasteiger partial charge in [-0.25, -0.2) is 0 Å². The summed E-state index contributed by atoms with van der Waals surface area (Å²) in [5.41, 5.74) is 1.80. The average molecular weight is 458 g/mol. The van der Waals surface area contributed by atoms with Crippen LogP contribution in [0, 0.1) is 11.3 Å². The van der Waals surface area contributed by atoms with Crippen LogP contribution in [0.5, 0.6) is 17.2 Å². The van der Waals surface area contributed by atoms with E-state index in [9.17, 15) is 10.1 Å². The summed E-state index contributed by atoms with van der Waals surface area (Å²) < 4.78 is 21.4. The quantitative estimate of drug-likeness (QED) is 0.500. The molecular formula is C23H24ClN3O5. The number of amides is 1. The summed E-state index contributed by atoms with van der Waals surface area (Å²) in [6, 6.07) is 10.5. The van der Waals surface area contributed by atoms with E-state index in [1.54, 1.807) is 24.3 Å². The molecule has 3 rings (SSSR count). The monoisotopic (exact) mass is 457 g/mol. The molecule has 32 heavy (non-hydrogen) atoms. The number of hydrogen-bond donors (Lipinski definition) is 1. The maximum atomic E-state index is 13.0. The molecule has 0 saturated carbocycles. The summed E-state index contributed by atoms with van der Waals surface area (Å²) in [5, 5.41) is 12.9. The number of benzene rings is 2. The first-order valence-electron chi connectivity index (χ1n) is 9.86. The van der Waals surface area contributed by atoms with E-state index in [1.807, 2.05) is 12.1 Å². The molecule has 9 heteroatoms. The van der Waals surface area contributed by atoms with Crippen molar-refractivity contribution < 1.29 is 23.7 Å². The lowest BCUT2D eigenvalue weighted by molar-refractivity contribution is -0.112. The molecule has 1 saturated heterocycles. The van der Waals surface area contributed by atoms with Gasteiger partial charge in [-0.3, -0.25) is 4.79 Å². The van der Waals surface area contributed by atoms with Gasteiger partial charge >= 0.3 is 0 Å². The average Bonchev–Trinajstić information content (AvgIpc) is 2.82. The largest absolute Gasteiger partial charge is 0.493 e. The van der Waals surface area contributed by atoms with Crippen molar-refractivity contribution in [2.45, 2.75) is 0 Å². The van der Waals surface area contributed by atoms with E-state index in [-0.39, 0.29) is 5.57 Å². The number of nitrogens with zero attached hydrogens (tertiary/aromatic N) is 2. The summed E-state index contributed by atoms with van der Waals surface area (Å²) in [5.74, 6) is 0.697. The lowest BCUT2D eigenvalue weighted by atomic mass is 10.1. The Morgan fingerprint density at radius 3 is 2.34 bits per heavy atom. The number of morpholine rings is 1. The second kappa shape index (κ2) is 10.8. The van der Waals surface area contributed by atoms with Crippen molar-refractivity contribution in [1.82, 2.24) is 0 Å². The number of nitriles is 1. The lowest BCUT2D eigenvalue weighted by Gasteiger charge is -2.30. The predicted octanol–water partition coefficient (Wildman–Crippen LogP) is 3.75. The highest BCUT2D eigenvalue weighted by Crippen LogP contribution is 2.39. The Labute approximate surface area is 191 Å². The van der Waals surface area contributed by atoms with Crippen molar-refractivity contribution in [3.63, 3.8) is 0 Å².